The summed E-state index contributed by atoms with van der Waals surface area (Å²) >= 11 is 0. The van der Waals surface area contributed by atoms with Gasteiger partial charge in [-0.25, -0.2) is 0 Å². The topological polar surface area (TPSA) is 20.2 Å². The fourth-order valence-corrected chi connectivity index (χ4v) is 2.39. The third kappa shape index (κ3) is 3.21. The molecule has 0 atom stereocenters. The zero-order valence-corrected chi connectivity index (χ0v) is 9.73. The Morgan fingerprint density at radius 1 is 1.06 bits per heavy atom. The molecule has 1 aliphatic carbocycles. The Morgan fingerprint density at radius 2 is 1.75 bits per heavy atom. The van der Waals surface area contributed by atoms with Crippen LogP contribution in [0.1, 0.15) is 44.1 Å². The van der Waals surface area contributed by atoms with Crippen LogP contribution < -0.4 is 0 Å². The van der Waals surface area contributed by atoms with Crippen LogP contribution in [0, 0.1) is 0 Å². The fraction of sp³-hybridized carbons (Fsp3) is 0.467. The van der Waals surface area contributed by atoms with Gasteiger partial charge in [0.15, 0.2) is 0 Å². The van der Waals surface area contributed by atoms with Gasteiger partial charge in [0.2, 0.25) is 0 Å². The Balaban J connectivity index is 1.89. The molecule has 1 heteroatoms. The van der Waals surface area contributed by atoms with Crippen LogP contribution in [0.4, 0.5) is 0 Å². The molecule has 0 radical (unpaired) electrons. The van der Waals surface area contributed by atoms with Crippen LogP contribution >= 0.6 is 0 Å². The normalized spacial score (nSPS) is 20.1. The van der Waals surface area contributed by atoms with Crippen LogP contribution in [-0.4, -0.2) is 10.7 Å². The molecule has 0 aromatic heterocycles. The van der Waals surface area contributed by atoms with Crippen molar-refractivity contribution in [3.63, 3.8) is 0 Å². The first kappa shape index (κ1) is 11.4. The zero-order valence-electron chi connectivity index (χ0n) is 9.73. The summed E-state index contributed by atoms with van der Waals surface area (Å²) in [5.41, 5.74) is 0.783. The van der Waals surface area contributed by atoms with Gasteiger partial charge in [-0.1, -0.05) is 61.7 Å². The molecule has 1 N–H and O–H groups in total. The van der Waals surface area contributed by atoms with Crippen molar-refractivity contribution in [1.82, 2.24) is 0 Å². The van der Waals surface area contributed by atoms with Crippen LogP contribution in [0.3, 0.4) is 0 Å². The molecule has 0 saturated heterocycles. The highest BCUT2D eigenvalue weighted by Crippen LogP contribution is 2.31. The molecule has 0 heterocycles. The van der Waals surface area contributed by atoms with Crippen LogP contribution in [0.25, 0.3) is 6.08 Å². The second-order valence-electron chi connectivity index (χ2n) is 4.80. The third-order valence-electron chi connectivity index (χ3n) is 3.39. The highest BCUT2D eigenvalue weighted by Gasteiger charge is 2.27. The summed E-state index contributed by atoms with van der Waals surface area (Å²) in [5.74, 6) is 0. The standard InChI is InChI=1S/C15H20O/c16-15(11-5-2-6-12-15)13-7-10-14-8-3-1-4-9-14/h1,3-4,7-10,16H,2,5-6,11-13H2. The summed E-state index contributed by atoms with van der Waals surface area (Å²) in [6, 6.07) is 10.3. The van der Waals surface area contributed by atoms with Gasteiger partial charge in [-0.15, -0.1) is 0 Å². The maximum atomic E-state index is 10.3. The summed E-state index contributed by atoms with van der Waals surface area (Å²) in [4.78, 5) is 0. The summed E-state index contributed by atoms with van der Waals surface area (Å²) in [5, 5.41) is 10.3. The second kappa shape index (κ2) is 5.31. The van der Waals surface area contributed by atoms with Crippen molar-refractivity contribution in [2.75, 3.05) is 0 Å². The maximum Gasteiger partial charge on any atom is 0.0682 e. The van der Waals surface area contributed by atoms with Crippen molar-refractivity contribution in [1.29, 1.82) is 0 Å². The Bertz CT molecular complexity index is 334. The minimum atomic E-state index is -0.427. The van der Waals surface area contributed by atoms with Gasteiger partial charge in [-0.3, -0.25) is 0 Å². The first-order valence-electron chi connectivity index (χ1n) is 6.23. The van der Waals surface area contributed by atoms with E-state index in [9.17, 15) is 5.11 Å². The van der Waals surface area contributed by atoms with Gasteiger partial charge in [-0.2, -0.15) is 0 Å². The summed E-state index contributed by atoms with van der Waals surface area (Å²) < 4.78 is 0. The van der Waals surface area contributed by atoms with Gasteiger partial charge < -0.3 is 5.11 Å². The van der Waals surface area contributed by atoms with E-state index in [-0.39, 0.29) is 0 Å². The van der Waals surface area contributed by atoms with Crippen molar-refractivity contribution in [3.8, 4) is 0 Å². The Kier molecular flexibility index (Phi) is 3.79. The fourth-order valence-electron chi connectivity index (χ4n) is 2.39. The van der Waals surface area contributed by atoms with E-state index < -0.39 is 5.60 Å². The Hall–Kier alpha value is -1.08. The molecule has 86 valence electrons. The predicted octanol–water partition coefficient (Wildman–Crippen LogP) is 3.79. The van der Waals surface area contributed by atoms with E-state index in [1.807, 2.05) is 18.2 Å². The van der Waals surface area contributed by atoms with Crippen LogP contribution in [0.2, 0.25) is 0 Å². The molecule has 1 fully saturated rings. The number of aliphatic hydroxyl groups is 1. The molecule has 0 unspecified atom stereocenters. The quantitative estimate of drug-likeness (QED) is 0.815. The average Bonchev–Trinajstić information content (AvgIpc) is 2.31. The molecular formula is C15H20O. The molecular weight excluding hydrogens is 196 g/mol. The summed E-state index contributed by atoms with van der Waals surface area (Å²) in [7, 11) is 0. The van der Waals surface area contributed by atoms with E-state index >= 15 is 0 Å². The smallest absolute Gasteiger partial charge is 0.0682 e. The lowest BCUT2D eigenvalue weighted by atomic mass is 9.82. The second-order valence-corrected chi connectivity index (χ2v) is 4.80. The van der Waals surface area contributed by atoms with Crippen LogP contribution in [-0.2, 0) is 0 Å². The van der Waals surface area contributed by atoms with Crippen molar-refractivity contribution in [2.24, 2.45) is 0 Å². The maximum absolute atomic E-state index is 10.3. The molecule has 0 aliphatic heterocycles. The highest BCUT2D eigenvalue weighted by molar-refractivity contribution is 5.48. The average molecular weight is 216 g/mol. The van der Waals surface area contributed by atoms with Gasteiger partial charge in [-0.05, 0) is 24.8 Å². The van der Waals surface area contributed by atoms with Crippen molar-refractivity contribution >= 4 is 6.08 Å². The molecule has 1 aromatic rings. The van der Waals surface area contributed by atoms with Gasteiger partial charge in [0.25, 0.3) is 0 Å². The first-order chi connectivity index (χ1) is 7.79. The number of hydrogen-bond acceptors (Lipinski definition) is 1. The molecule has 1 nitrogen and oxygen atoms in total. The molecule has 0 bridgehead atoms. The first-order valence-corrected chi connectivity index (χ1v) is 6.23. The molecule has 1 aromatic carbocycles. The van der Waals surface area contributed by atoms with Crippen molar-refractivity contribution in [2.45, 2.75) is 44.1 Å². The molecule has 1 aliphatic rings. The van der Waals surface area contributed by atoms with Gasteiger partial charge in [0, 0.05) is 0 Å². The zero-order chi connectivity index (χ0) is 11.3. The SMILES string of the molecule is OC1(CC=Cc2ccccc2)CCCCC1. The van der Waals surface area contributed by atoms with E-state index in [2.05, 4.69) is 24.3 Å². The van der Waals surface area contributed by atoms with E-state index in [1.165, 1.54) is 24.8 Å². The number of benzene rings is 1. The van der Waals surface area contributed by atoms with Gasteiger partial charge in [0.05, 0.1) is 5.60 Å². The molecule has 2 rings (SSSR count). The third-order valence-corrected chi connectivity index (χ3v) is 3.39. The minimum Gasteiger partial charge on any atom is -0.390 e. The van der Waals surface area contributed by atoms with Crippen LogP contribution in [0.5, 0.6) is 0 Å². The Labute approximate surface area is 97.8 Å². The summed E-state index contributed by atoms with van der Waals surface area (Å²) in [6.45, 7) is 0. The number of hydrogen-bond donors (Lipinski definition) is 1. The van der Waals surface area contributed by atoms with E-state index in [0.717, 1.165) is 19.3 Å². The summed E-state index contributed by atoms with van der Waals surface area (Å²) in [6.07, 6.45) is 10.6. The predicted molar refractivity (Wildman–Crippen MR) is 68.1 cm³/mol. The molecule has 16 heavy (non-hydrogen) atoms. The molecule has 1 saturated carbocycles. The molecule has 0 amide bonds. The van der Waals surface area contributed by atoms with E-state index in [0.29, 0.717) is 0 Å². The lowest BCUT2D eigenvalue weighted by molar-refractivity contribution is 0.00711. The Morgan fingerprint density at radius 3 is 2.44 bits per heavy atom. The minimum absolute atomic E-state index is 0.427. The van der Waals surface area contributed by atoms with Gasteiger partial charge >= 0.3 is 0 Å². The monoisotopic (exact) mass is 216 g/mol. The lowest BCUT2D eigenvalue weighted by Gasteiger charge is -2.30. The highest BCUT2D eigenvalue weighted by atomic mass is 16.3. The largest absolute Gasteiger partial charge is 0.390 e. The van der Waals surface area contributed by atoms with Crippen molar-refractivity contribution < 1.29 is 5.11 Å². The number of rotatable bonds is 3. The molecule has 0 spiro atoms. The van der Waals surface area contributed by atoms with Crippen molar-refractivity contribution in [3.05, 3.63) is 42.0 Å². The van der Waals surface area contributed by atoms with E-state index in [1.54, 1.807) is 0 Å². The van der Waals surface area contributed by atoms with Crippen LogP contribution in [0.15, 0.2) is 36.4 Å². The van der Waals surface area contributed by atoms with E-state index in [4.69, 9.17) is 0 Å². The van der Waals surface area contributed by atoms with Gasteiger partial charge in [0.1, 0.15) is 0 Å². The lowest BCUT2D eigenvalue weighted by Crippen LogP contribution is -2.30.